The number of nitrogens with one attached hydrogen (secondary N) is 1. The number of ether oxygens (including phenoxy) is 1. The van der Waals surface area contributed by atoms with Crippen molar-refractivity contribution in [3.63, 3.8) is 0 Å². The van der Waals surface area contributed by atoms with Gasteiger partial charge in [-0.3, -0.25) is 0 Å². The van der Waals surface area contributed by atoms with E-state index in [9.17, 15) is 4.39 Å². The first-order valence-electron chi connectivity index (χ1n) is 6.02. The Morgan fingerprint density at radius 1 is 1.44 bits per heavy atom. The zero-order valence-corrected chi connectivity index (χ0v) is 12.0. The third-order valence-corrected chi connectivity index (χ3v) is 3.07. The summed E-state index contributed by atoms with van der Waals surface area (Å²) in [5.74, 6) is -0.207. The fraction of sp³-hybridized carbons (Fsp3) is 0.538. The van der Waals surface area contributed by atoms with Crippen molar-refractivity contribution in [3.8, 4) is 0 Å². The van der Waals surface area contributed by atoms with Gasteiger partial charge in [0.25, 0.3) is 0 Å². The summed E-state index contributed by atoms with van der Waals surface area (Å²) in [6.45, 7) is 3.71. The van der Waals surface area contributed by atoms with Crippen LogP contribution in [0.2, 0.25) is 0 Å². The molecule has 0 aliphatic carbocycles. The van der Waals surface area contributed by atoms with Crippen molar-refractivity contribution in [1.82, 2.24) is 5.32 Å². The fourth-order valence-electron chi connectivity index (χ4n) is 1.62. The Morgan fingerprint density at radius 2 is 2.22 bits per heavy atom. The van der Waals surface area contributed by atoms with Crippen molar-refractivity contribution >= 4 is 15.9 Å². The molecule has 0 amide bonds. The van der Waals surface area contributed by atoms with Crippen molar-refractivity contribution in [2.75, 3.05) is 26.4 Å². The van der Waals surface area contributed by atoms with E-state index in [1.54, 1.807) is 6.07 Å². The highest BCUT2D eigenvalue weighted by atomic mass is 79.9. The second-order valence-electron chi connectivity index (χ2n) is 4.03. The van der Waals surface area contributed by atoms with E-state index in [1.807, 2.05) is 13.0 Å². The number of aliphatic hydroxyl groups is 1. The molecule has 5 heteroatoms. The maximum atomic E-state index is 13.7. The Kier molecular flexibility index (Phi) is 7.42. The summed E-state index contributed by atoms with van der Waals surface area (Å²) in [6, 6.07) is 5.05. The Morgan fingerprint density at radius 3 is 2.89 bits per heavy atom. The van der Waals surface area contributed by atoms with E-state index >= 15 is 0 Å². The zero-order chi connectivity index (χ0) is 13.4. The fourth-order valence-corrected chi connectivity index (χ4v) is 1.96. The molecule has 1 rings (SSSR count). The van der Waals surface area contributed by atoms with Gasteiger partial charge in [0.2, 0.25) is 0 Å². The van der Waals surface area contributed by atoms with Crippen LogP contribution in [0.3, 0.4) is 0 Å². The minimum atomic E-state index is -0.207. The lowest BCUT2D eigenvalue weighted by Gasteiger charge is -2.15. The molecule has 0 saturated heterocycles. The lowest BCUT2D eigenvalue weighted by Crippen LogP contribution is -2.22. The molecule has 0 aliphatic rings. The Balaban J connectivity index is 2.29. The number of benzene rings is 1. The molecule has 0 fully saturated rings. The highest BCUT2D eigenvalue weighted by Gasteiger charge is 2.10. The molecular weight excluding hydrogens is 301 g/mol. The van der Waals surface area contributed by atoms with E-state index < -0.39 is 0 Å². The van der Waals surface area contributed by atoms with Gasteiger partial charge in [-0.05, 0) is 32.0 Å². The van der Waals surface area contributed by atoms with Crippen molar-refractivity contribution in [1.29, 1.82) is 0 Å². The summed E-state index contributed by atoms with van der Waals surface area (Å²) in [5.41, 5.74) is 0.662. The number of aliphatic hydroxyl groups excluding tert-OH is 1. The number of hydrogen-bond acceptors (Lipinski definition) is 3. The average Bonchev–Trinajstić information content (AvgIpc) is 2.33. The molecule has 0 saturated carbocycles. The van der Waals surface area contributed by atoms with Crippen LogP contribution in [0, 0.1) is 5.82 Å². The molecular formula is C13H19BrFNO2. The van der Waals surface area contributed by atoms with E-state index in [0.717, 1.165) is 17.4 Å². The molecule has 2 N–H and O–H groups in total. The van der Waals surface area contributed by atoms with Crippen molar-refractivity contribution < 1.29 is 14.2 Å². The monoisotopic (exact) mass is 319 g/mol. The molecule has 1 atom stereocenters. The second-order valence-corrected chi connectivity index (χ2v) is 4.95. The van der Waals surface area contributed by atoms with Gasteiger partial charge in [-0.1, -0.05) is 22.0 Å². The molecule has 0 aromatic heterocycles. The van der Waals surface area contributed by atoms with Crippen molar-refractivity contribution in [2.45, 2.75) is 19.4 Å². The number of halogens is 2. The molecule has 0 aliphatic heterocycles. The van der Waals surface area contributed by atoms with E-state index in [1.165, 1.54) is 6.07 Å². The quantitative estimate of drug-likeness (QED) is 0.724. The Labute approximate surface area is 115 Å². The summed E-state index contributed by atoms with van der Waals surface area (Å²) in [4.78, 5) is 0. The van der Waals surface area contributed by atoms with Crippen LogP contribution in [0.1, 0.15) is 24.9 Å². The highest BCUT2D eigenvalue weighted by Crippen LogP contribution is 2.20. The summed E-state index contributed by atoms with van der Waals surface area (Å²) in [7, 11) is 0. The van der Waals surface area contributed by atoms with Gasteiger partial charge in [-0.15, -0.1) is 0 Å². The van der Waals surface area contributed by atoms with Crippen LogP contribution >= 0.6 is 15.9 Å². The lowest BCUT2D eigenvalue weighted by molar-refractivity contribution is 0.0904. The van der Waals surface area contributed by atoms with E-state index in [-0.39, 0.29) is 18.5 Å². The van der Waals surface area contributed by atoms with Crippen LogP contribution in [0.4, 0.5) is 4.39 Å². The number of rotatable bonds is 8. The topological polar surface area (TPSA) is 41.5 Å². The third kappa shape index (κ3) is 5.44. The van der Waals surface area contributed by atoms with Gasteiger partial charge < -0.3 is 15.2 Å². The van der Waals surface area contributed by atoms with Crippen LogP contribution < -0.4 is 5.32 Å². The van der Waals surface area contributed by atoms with Crippen LogP contribution in [-0.4, -0.2) is 31.5 Å². The summed E-state index contributed by atoms with van der Waals surface area (Å²) in [6.07, 6.45) is 0.836. The van der Waals surface area contributed by atoms with Gasteiger partial charge in [-0.25, -0.2) is 4.39 Å². The molecule has 0 radical (unpaired) electrons. The highest BCUT2D eigenvalue weighted by molar-refractivity contribution is 9.10. The molecule has 3 nitrogen and oxygen atoms in total. The molecule has 0 bridgehead atoms. The lowest BCUT2D eigenvalue weighted by atomic mass is 10.1. The average molecular weight is 320 g/mol. The van der Waals surface area contributed by atoms with Gasteiger partial charge in [0.1, 0.15) is 5.82 Å². The van der Waals surface area contributed by atoms with E-state index in [2.05, 4.69) is 21.2 Å². The van der Waals surface area contributed by atoms with Crippen LogP contribution in [0.25, 0.3) is 0 Å². The summed E-state index contributed by atoms with van der Waals surface area (Å²) >= 11 is 3.24. The van der Waals surface area contributed by atoms with Crippen molar-refractivity contribution in [2.24, 2.45) is 0 Å². The molecule has 18 heavy (non-hydrogen) atoms. The number of hydrogen-bond donors (Lipinski definition) is 2. The Hall–Kier alpha value is -0.490. The smallest absolute Gasteiger partial charge is 0.129 e. The van der Waals surface area contributed by atoms with Gasteiger partial charge >= 0.3 is 0 Å². The maximum Gasteiger partial charge on any atom is 0.129 e. The first-order valence-corrected chi connectivity index (χ1v) is 6.81. The molecule has 1 aromatic rings. The molecule has 102 valence electrons. The van der Waals surface area contributed by atoms with Crippen LogP contribution in [0.5, 0.6) is 0 Å². The van der Waals surface area contributed by atoms with Crippen LogP contribution in [-0.2, 0) is 4.74 Å². The Bertz CT molecular complexity index is 363. The molecule has 0 spiro atoms. The summed E-state index contributed by atoms with van der Waals surface area (Å²) < 4.78 is 19.5. The van der Waals surface area contributed by atoms with E-state index in [0.29, 0.717) is 18.8 Å². The van der Waals surface area contributed by atoms with E-state index in [4.69, 9.17) is 9.84 Å². The first-order chi connectivity index (χ1) is 8.65. The second kappa shape index (κ2) is 8.58. The van der Waals surface area contributed by atoms with Crippen molar-refractivity contribution in [3.05, 3.63) is 34.1 Å². The maximum absolute atomic E-state index is 13.7. The third-order valence-electron chi connectivity index (χ3n) is 2.58. The summed E-state index contributed by atoms with van der Waals surface area (Å²) in [5, 5.41) is 11.8. The van der Waals surface area contributed by atoms with Gasteiger partial charge in [0.15, 0.2) is 0 Å². The first kappa shape index (κ1) is 15.6. The normalized spacial score (nSPS) is 12.7. The molecule has 1 aromatic carbocycles. The zero-order valence-electron chi connectivity index (χ0n) is 10.5. The van der Waals surface area contributed by atoms with Gasteiger partial charge in [-0.2, -0.15) is 0 Å². The molecule has 0 heterocycles. The minimum absolute atomic E-state index is 0.0315. The SMILES string of the molecule is CC(NCCCOCCO)c1ccc(Br)cc1F. The van der Waals surface area contributed by atoms with Gasteiger partial charge in [0, 0.05) is 22.7 Å². The van der Waals surface area contributed by atoms with Crippen LogP contribution in [0.15, 0.2) is 22.7 Å². The largest absolute Gasteiger partial charge is 0.394 e. The standard InChI is InChI=1S/C13H19BrFNO2/c1-10(16-5-2-7-18-8-6-17)12-4-3-11(14)9-13(12)15/h3-4,9-10,16-17H,2,5-8H2,1H3. The predicted molar refractivity (Wildman–Crippen MR) is 73.0 cm³/mol. The van der Waals surface area contributed by atoms with Gasteiger partial charge in [0.05, 0.1) is 13.2 Å². The predicted octanol–water partition coefficient (Wildman–Crippen LogP) is 2.64. The minimum Gasteiger partial charge on any atom is -0.394 e. The molecule has 1 unspecified atom stereocenters.